The molecule has 4 aromatic rings. The lowest BCUT2D eigenvalue weighted by atomic mass is 10.0. The molecular weight excluding hydrogens is 400 g/mol. The lowest BCUT2D eigenvalue weighted by Crippen LogP contribution is -2.25. The zero-order valence-electron chi connectivity index (χ0n) is 16.5. The van der Waals surface area contributed by atoms with Gasteiger partial charge in [0, 0.05) is 28.0 Å². The summed E-state index contributed by atoms with van der Waals surface area (Å²) in [5.74, 6) is -0.619. The maximum absolute atomic E-state index is 13.2. The van der Waals surface area contributed by atoms with Gasteiger partial charge in [0.25, 0.3) is 11.7 Å². The molecule has 6 heteroatoms. The highest BCUT2D eigenvalue weighted by atomic mass is 35.5. The van der Waals surface area contributed by atoms with Gasteiger partial charge in [0.1, 0.15) is 11.4 Å². The molecule has 2 aromatic heterocycles. The molecule has 2 aromatic carbocycles. The van der Waals surface area contributed by atoms with Crippen molar-refractivity contribution in [1.29, 1.82) is 0 Å². The number of Topliss-reactive ketones (excluding diaryl/α,β-unsaturated/α-hetero) is 1. The van der Waals surface area contributed by atoms with Crippen LogP contribution in [-0.4, -0.2) is 23.2 Å². The highest BCUT2D eigenvalue weighted by Gasteiger charge is 2.25. The summed E-state index contributed by atoms with van der Waals surface area (Å²) in [5.41, 5.74) is 3.95. The number of ketones is 1. The van der Waals surface area contributed by atoms with Crippen LogP contribution in [-0.2, 0) is 4.79 Å². The third-order valence-electron chi connectivity index (χ3n) is 4.94. The van der Waals surface area contributed by atoms with Gasteiger partial charge < -0.3 is 14.5 Å². The maximum atomic E-state index is 13.2. The van der Waals surface area contributed by atoms with Crippen molar-refractivity contribution in [2.45, 2.75) is 6.92 Å². The summed E-state index contributed by atoms with van der Waals surface area (Å²) in [5, 5.41) is 3.27. The van der Waals surface area contributed by atoms with E-state index in [0.717, 1.165) is 16.6 Å². The largest absolute Gasteiger partial charge is 0.497 e. The third-order valence-corrected chi connectivity index (χ3v) is 5.17. The molecule has 0 spiro atoms. The Balaban J connectivity index is 1.76. The number of aromatic nitrogens is 1. The number of benzene rings is 2. The first-order valence-electron chi connectivity index (χ1n) is 9.34. The smallest absolute Gasteiger partial charge is 0.298 e. The van der Waals surface area contributed by atoms with Crippen molar-refractivity contribution in [3.63, 3.8) is 0 Å². The number of rotatable bonds is 5. The van der Waals surface area contributed by atoms with Crippen LogP contribution >= 0.6 is 11.6 Å². The van der Waals surface area contributed by atoms with Gasteiger partial charge in [0.2, 0.25) is 0 Å². The van der Waals surface area contributed by atoms with Crippen molar-refractivity contribution in [2.24, 2.45) is 0 Å². The fraction of sp³-hybridized carbons (Fsp3) is 0.0833. The molecule has 0 aliphatic rings. The molecule has 1 amide bonds. The van der Waals surface area contributed by atoms with E-state index in [4.69, 9.17) is 16.3 Å². The summed E-state index contributed by atoms with van der Waals surface area (Å²) in [6.45, 7) is 1.82. The van der Waals surface area contributed by atoms with E-state index >= 15 is 0 Å². The first kappa shape index (κ1) is 19.7. The van der Waals surface area contributed by atoms with E-state index in [9.17, 15) is 9.59 Å². The lowest BCUT2D eigenvalue weighted by molar-refractivity contribution is -0.112. The average molecular weight is 419 g/mol. The lowest BCUT2D eigenvalue weighted by Gasteiger charge is -2.10. The molecular formula is C24H19ClN2O3. The minimum atomic E-state index is -0.709. The Bertz CT molecular complexity index is 1260. The van der Waals surface area contributed by atoms with Crippen LogP contribution in [0.1, 0.15) is 16.1 Å². The number of nitrogens with zero attached hydrogens (tertiary/aromatic N) is 1. The van der Waals surface area contributed by atoms with Crippen LogP contribution in [0, 0.1) is 6.92 Å². The van der Waals surface area contributed by atoms with Crippen LogP contribution in [0.5, 0.6) is 5.75 Å². The van der Waals surface area contributed by atoms with Crippen LogP contribution in [0.15, 0.2) is 72.9 Å². The molecule has 0 fully saturated rings. The van der Waals surface area contributed by atoms with E-state index in [-0.39, 0.29) is 0 Å². The van der Waals surface area contributed by atoms with Gasteiger partial charge in [-0.15, -0.1) is 0 Å². The maximum Gasteiger partial charge on any atom is 0.298 e. The normalized spacial score (nSPS) is 10.8. The minimum Gasteiger partial charge on any atom is -0.497 e. The highest BCUT2D eigenvalue weighted by Crippen LogP contribution is 2.30. The Labute approximate surface area is 178 Å². The molecule has 1 N–H and O–H groups in total. The van der Waals surface area contributed by atoms with E-state index < -0.39 is 11.7 Å². The quantitative estimate of drug-likeness (QED) is 0.349. The van der Waals surface area contributed by atoms with Crippen molar-refractivity contribution in [3.8, 4) is 16.9 Å². The number of pyridine rings is 1. The number of anilines is 1. The summed E-state index contributed by atoms with van der Waals surface area (Å²) in [7, 11) is 1.60. The zero-order valence-corrected chi connectivity index (χ0v) is 17.2. The summed E-state index contributed by atoms with van der Waals surface area (Å²) in [4.78, 5) is 26.1. The second-order valence-electron chi connectivity index (χ2n) is 6.87. The molecule has 2 heterocycles. The van der Waals surface area contributed by atoms with Crippen LogP contribution in [0.4, 0.5) is 5.69 Å². The first-order valence-corrected chi connectivity index (χ1v) is 9.72. The fourth-order valence-electron chi connectivity index (χ4n) is 3.40. The molecule has 0 bridgehead atoms. The van der Waals surface area contributed by atoms with E-state index in [1.807, 2.05) is 55.5 Å². The van der Waals surface area contributed by atoms with Gasteiger partial charge in [0.05, 0.1) is 7.11 Å². The number of hydrogen-bond acceptors (Lipinski definition) is 3. The fourth-order valence-corrected chi connectivity index (χ4v) is 3.63. The Morgan fingerprint density at radius 1 is 1.00 bits per heavy atom. The number of fused-ring (bicyclic) bond motifs is 1. The van der Waals surface area contributed by atoms with E-state index in [2.05, 4.69) is 5.32 Å². The Morgan fingerprint density at radius 3 is 2.47 bits per heavy atom. The van der Waals surface area contributed by atoms with Gasteiger partial charge in [-0.2, -0.15) is 0 Å². The van der Waals surface area contributed by atoms with Gasteiger partial charge in [-0.1, -0.05) is 29.8 Å². The van der Waals surface area contributed by atoms with Crippen LogP contribution in [0.3, 0.4) is 0 Å². The van der Waals surface area contributed by atoms with Crippen molar-refractivity contribution in [3.05, 3.63) is 89.2 Å². The molecule has 0 aliphatic carbocycles. The van der Waals surface area contributed by atoms with Crippen LogP contribution in [0.25, 0.3) is 16.6 Å². The predicted octanol–water partition coefficient (Wildman–Crippen LogP) is 5.40. The monoisotopic (exact) mass is 418 g/mol. The Kier molecular flexibility index (Phi) is 5.29. The average Bonchev–Trinajstić information content (AvgIpc) is 3.14. The van der Waals surface area contributed by atoms with Crippen molar-refractivity contribution < 1.29 is 14.3 Å². The van der Waals surface area contributed by atoms with Gasteiger partial charge in [-0.3, -0.25) is 9.59 Å². The van der Waals surface area contributed by atoms with E-state index in [0.29, 0.717) is 27.7 Å². The molecule has 0 saturated carbocycles. The van der Waals surface area contributed by atoms with Crippen molar-refractivity contribution in [1.82, 2.24) is 4.40 Å². The second kappa shape index (κ2) is 8.05. The molecule has 5 nitrogen and oxygen atoms in total. The summed E-state index contributed by atoms with van der Waals surface area (Å²) < 4.78 is 6.95. The van der Waals surface area contributed by atoms with E-state index in [1.165, 1.54) is 0 Å². The molecule has 0 saturated heterocycles. The standard InChI is InChI=1S/C24H19ClN2O3/c1-15-13-17(25)8-11-21(15)26-24(29)23(28)22-20(14-18-5-3-4-12-27(18)22)16-6-9-19(30-2)10-7-16/h3-14H,1-2H3,(H,26,29). The zero-order chi connectivity index (χ0) is 21.3. The topological polar surface area (TPSA) is 59.8 Å². The molecule has 150 valence electrons. The summed E-state index contributed by atoms with van der Waals surface area (Å²) in [6, 6.07) is 20.0. The molecule has 4 rings (SSSR count). The number of methoxy groups -OCH3 is 1. The number of aryl methyl sites for hydroxylation is 1. The van der Waals surface area contributed by atoms with Crippen molar-refractivity contribution in [2.75, 3.05) is 12.4 Å². The third kappa shape index (κ3) is 3.67. The highest BCUT2D eigenvalue weighted by molar-refractivity contribution is 6.47. The van der Waals surface area contributed by atoms with Gasteiger partial charge >= 0.3 is 0 Å². The summed E-state index contributed by atoms with van der Waals surface area (Å²) >= 11 is 5.98. The SMILES string of the molecule is COc1ccc(-c2cc3ccccn3c2C(=O)C(=O)Nc2ccc(Cl)cc2C)cc1. The molecule has 0 aliphatic heterocycles. The van der Waals surface area contributed by atoms with Crippen molar-refractivity contribution >= 4 is 34.5 Å². The van der Waals surface area contributed by atoms with E-state index in [1.54, 1.807) is 35.9 Å². The molecule has 30 heavy (non-hydrogen) atoms. The Hall–Kier alpha value is -3.57. The number of hydrogen-bond donors (Lipinski definition) is 1. The molecule has 0 radical (unpaired) electrons. The number of carbonyl (C=O) groups excluding carboxylic acids is 2. The summed E-state index contributed by atoms with van der Waals surface area (Å²) in [6.07, 6.45) is 1.77. The van der Waals surface area contributed by atoms with Crippen LogP contribution in [0.2, 0.25) is 5.02 Å². The van der Waals surface area contributed by atoms with Gasteiger partial charge in [-0.05, 0) is 66.6 Å². The first-order chi connectivity index (χ1) is 14.5. The Morgan fingerprint density at radius 2 is 1.77 bits per heavy atom. The number of amides is 1. The number of halogens is 1. The van der Waals surface area contributed by atoms with Gasteiger partial charge in [0.15, 0.2) is 0 Å². The predicted molar refractivity (Wildman–Crippen MR) is 119 cm³/mol. The molecule has 0 unspecified atom stereocenters. The molecule has 0 atom stereocenters. The number of nitrogens with one attached hydrogen (secondary N) is 1. The number of ether oxygens (including phenoxy) is 1. The second-order valence-corrected chi connectivity index (χ2v) is 7.31. The van der Waals surface area contributed by atoms with Gasteiger partial charge in [-0.25, -0.2) is 0 Å². The number of carbonyl (C=O) groups is 2. The van der Waals surface area contributed by atoms with Crippen LogP contribution < -0.4 is 10.1 Å². The minimum absolute atomic E-state index is 0.305.